The number of benzene rings is 1. The second kappa shape index (κ2) is 5.09. The van der Waals surface area contributed by atoms with Crippen molar-refractivity contribution in [1.29, 1.82) is 0 Å². The number of halogens is 2. The van der Waals surface area contributed by atoms with Gasteiger partial charge < -0.3 is 0 Å². The highest BCUT2D eigenvalue weighted by molar-refractivity contribution is 6.30. The normalized spacial score (nSPS) is 14.9. The molecule has 1 aliphatic rings. The Kier molecular flexibility index (Phi) is 3.42. The molecule has 0 radical (unpaired) electrons. The first-order valence-corrected chi connectivity index (χ1v) is 7.23. The van der Waals surface area contributed by atoms with Gasteiger partial charge in [0.1, 0.15) is 5.82 Å². The summed E-state index contributed by atoms with van der Waals surface area (Å²) < 4.78 is 17.8. The lowest BCUT2D eigenvalue weighted by molar-refractivity contribution is 0.468. The van der Waals surface area contributed by atoms with Gasteiger partial charge in [-0.05, 0) is 44.4 Å². The summed E-state index contributed by atoms with van der Waals surface area (Å²) in [6.45, 7) is 3.40. The van der Waals surface area contributed by atoms with E-state index in [2.05, 4.69) is 0 Å². The molecule has 0 aliphatic carbocycles. The van der Waals surface area contributed by atoms with Crippen molar-refractivity contribution >= 4 is 11.6 Å². The maximum absolute atomic E-state index is 14.1. The maximum atomic E-state index is 14.1. The van der Waals surface area contributed by atoms with Gasteiger partial charge >= 0.3 is 0 Å². The molecule has 106 valence electrons. The number of hydrogen-bond acceptors (Lipinski definition) is 1. The van der Waals surface area contributed by atoms with Gasteiger partial charge in [0.25, 0.3) is 5.56 Å². The molecule has 0 saturated carbocycles. The summed E-state index contributed by atoms with van der Waals surface area (Å²) >= 11 is 5.78. The van der Waals surface area contributed by atoms with Crippen molar-refractivity contribution < 1.29 is 4.39 Å². The van der Waals surface area contributed by atoms with Crippen molar-refractivity contribution in [2.24, 2.45) is 0 Å². The van der Waals surface area contributed by atoms with Gasteiger partial charge in [-0.15, -0.1) is 0 Å². The van der Waals surface area contributed by atoms with Gasteiger partial charge in [0.15, 0.2) is 0 Å². The molecule has 0 N–H and O–H groups in total. The monoisotopic (exact) mass is 294 g/mol. The van der Waals surface area contributed by atoms with Gasteiger partial charge in [-0.2, -0.15) is 0 Å². The van der Waals surface area contributed by atoms with Crippen LogP contribution in [-0.2, 0) is 13.1 Å². The Morgan fingerprint density at radius 2 is 1.85 bits per heavy atom. The van der Waals surface area contributed by atoms with Crippen LogP contribution in [0.25, 0.3) is 11.1 Å². The number of rotatable bonds is 1. The molecule has 0 saturated heterocycles. The topological polar surface area (TPSA) is 26.9 Å². The Labute approximate surface area is 121 Å². The zero-order valence-corrected chi connectivity index (χ0v) is 12.1. The fourth-order valence-corrected chi connectivity index (χ4v) is 3.08. The summed E-state index contributed by atoms with van der Waals surface area (Å²) in [6, 6.07) is 4.46. The zero-order chi connectivity index (χ0) is 14.3. The smallest absolute Gasteiger partial charge is 0.274 e. The van der Waals surface area contributed by atoms with E-state index in [0.717, 1.165) is 31.5 Å². The number of aromatic nitrogens is 2. The molecule has 2 heterocycles. The molecular weight excluding hydrogens is 279 g/mol. The predicted molar refractivity (Wildman–Crippen MR) is 77.7 cm³/mol. The van der Waals surface area contributed by atoms with E-state index in [4.69, 9.17) is 11.6 Å². The van der Waals surface area contributed by atoms with Crippen LogP contribution < -0.4 is 5.56 Å². The van der Waals surface area contributed by atoms with E-state index in [1.54, 1.807) is 16.8 Å². The average Bonchev–Trinajstić information content (AvgIpc) is 2.61. The van der Waals surface area contributed by atoms with E-state index in [9.17, 15) is 9.18 Å². The molecule has 0 fully saturated rings. The summed E-state index contributed by atoms with van der Waals surface area (Å²) in [7, 11) is 0. The van der Waals surface area contributed by atoms with Crippen LogP contribution in [-0.4, -0.2) is 9.36 Å². The van der Waals surface area contributed by atoms with Gasteiger partial charge in [0, 0.05) is 29.4 Å². The van der Waals surface area contributed by atoms with E-state index >= 15 is 0 Å². The Hall–Kier alpha value is -1.55. The van der Waals surface area contributed by atoms with E-state index in [1.807, 2.05) is 11.6 Å². The summed E-state index contributed by atoms with van der Waals surface area (Å²) in [5.41, 5.74) is 1.52. The largest absolute Gasteiger partial charge is 0.286 e. The summed E-state index contributed by atoms with van der Waals surface area (Å²) in [6.07, 6.45) is 3.17. The molecular formula is C15H16ClFN2O. The Balaban J connectivity index is 2.22. The molecule has 0 amide bonds. The molecule has 1 aromatic heterocycles. The third kappa shape index (κ3) is 2.08. The molecule has 20 heavy (non-hydrogen) atoms. The maximum Gasteiger partial charge on any atom is 0.274 e. The SMILES string of the molecule is Cc1c(-c2ccc(Cl)cc2F)c(=O)n2n1CCCCC2. The lowest BCUT2D eigenvalue weighted by atomic mass is 10.1. The van der Waals surface area contributed by atoms with Crippen molar-refractivity contribution in [3.05, 3.63) is 45.1 Å². The molecule has 0 bridgehead atoms. The first-order chi connectivity index (χ1) is 9.59. The van der Waals surface area contributed by atoms with Gasteiger partial charge in [-0.25, -0.2) is 9.07 Å². The van der Waals surface area contributed by atoms with Crippen LogP contribution in [0.5, 0.6) is 0 Å². The highest BCUT2D eigenvalue weighted by atomic mass is 35.5. The lowest BCUT2D eigenvalue weighted by Crippen LogP contribution is -2.22. The third-order valence-corrected chi connectivity index (χ3v) is 4.16. The van der Waals surface area contributed by atoms with Crippen molar-refractivity contribution in [1.82, 2.24) is 9.36 Å². The second-order valence-electron chi connectivity index (χ2n) is 5.20. The summed E-state index contributed by atoms with van der Waals surface area (Å²) in [5, 5.41) is 0.338. The third-order valence-electron chi connectivity index (χ3n) is 3.93. The van der Waals surface area contributed by atoms with Gasteiger partial charge in [0.05, 0.1) is 5.56 Å². The first-order valence-electron chi connectivity index (χ1n) is 6.85. The molecule has 0 unspecified atom stereocenters. The van der Waals surface area contributed by atoms with Crippen LogP contribution >= 0.6 is 11.6 Å². The number of nitrogens with zero attached hydrogens (tertiary/aromatic N) is 2. The molecule has 3 nitrogen and oxygen atoms in total. The molecule has 2 aromatic rings. The van der Waals surface area contributed by atoms with Crippen LogP contribution in [0.2, 0.25) is 5.02 Å². The molecule has 0 atom stereocenters. The van der Waals surface area contributed by atoms with E-state index in [1.165, 1.54) is 6.07 Å². The van der Waals surface area contributed by atoms with Gasteiger partial charge in [-0.1, -0.05) is 11.6 Å². The van der Waals surface area contributed by atoms with Crippen molar-refractivity contribution in [2.45, 2.75) is 39.3 Å². The van der Waals surface area contributed by atoms with Crippen LogP contribution in [0.4, 0.5) is 4.39 Å². The fourth-order valence-electron chi connectivity index (χ4n) is 2.92. The quantitative estimate of drug-likeness (QED) is 0.789. The fraction of sp³-hybridized carbons (Fsp3) is 0.400. The van der Waals surface area contributed by atoms with Crippen LogP contribution in [0.3, 0.4) is 0 Å². The van der Waals surface area contributed by atoms with Crippen LogP contribution in [0.15, 0.2) is 23.0 Å². The van der Waals surface area contributed by atoms with Crippen LogP contribution in [0.1, 0.15) is 25.0 Å². The molecule has 1 aliphatic heterocycles. The summed E-state index contributed by atoms with van der Waals surface area (Å²) in [5.74, 6) is -0.445. The van der Waals surface area contributed by atoms with E-state index < -0.39 is 5.82 Å². The van der Waals surface area contributed by atoms with Crippen molar-refractivity contribution in [3.63, 3.8) is 0 Å². The van der Waals surface area contributed by atoms with Gasteiger partial charge in [-0.3, -0.25) is 9.48 Å². The minimum atomic E-state index is -0.445. The van der Waals surface area contributed by atoms with E-state index in [-0.39, 0.29) is 5.56 Å². The molecule has 5 heteroatoms. The zero-order valence-electron chi connectivity index (χ0n) is 11.3. The van der Waals surface area contributed by atoms with Crippen molar-refractivity contribution in [3.8, 4) is 11.1 Å². The highest BCUT2D eigenvalue weighted by Gasteiger charge is 2.21. The summed E-state index contributed by atoms with van der Waals surface area (Å²) in [4.78, 5) is 12.6. The first kappa shape index (κ1) is 13.4. The van der Waals surface area contributed by atoms with E-state index in [0.29, 0.717) is 22.7 Å². The lowest BCUT2D eigenvalue weighted by Gasteiger charge is -2.08. The Bertz CT molecular complexity index is 717. The Morgan fingerprint density at radius 1 is 1.15 bits per heavy atom. The number of fused-ring (bicyclic) bond motifs is 1. The minimum absolute atomic E-state index is 0.106. The van der Waals surface area contributed by atoms with Gasteiger partial charge in [0.2, 0.25) is 0 Å². The van der Waals surface area contributed by atoms with Crippen molar-refractivity contribution in [2.75, 3.05) is 0 Å². The Morgan fingerprint density at radius 3 is 2.55 bits per heavy atom. The minimum Gasteiger partial charge on any atom is -0.286 e. The number of hydrogen-bond donors (Lipinski definition) is 0. The predicted octanol–water partition coefficient (Wildman–Crippen LogP) is 3.60. The average molecular weight is 295 g/mol. The second-order valence-corrected chi connectivity index (χ2v) is 5.63. The highest BCUT2D eigenvalue weighted by Crippen LogP contribution is 2.27. The standard InChI is InChI=1S/C15H16ClFN2O/c1-10-14(12-6-5-11(16)9-13(12)17)15(20)19-8-4-2-3-7-18(10)19/h5-6,9H,2-4,7-8H2,1H3. The molecule has 1 aromatic carbocycles. The molecule has 3 rings (SSSR count). The molecule has 0 spiro atoms. The van der Waals surface area contributed by atoms with Crippen LogP contribution in [0, 0.1) is 12.7 Å².